The largest absolute Gasteiger partial charge is 0.409 e. The molecule has 2 aromatic rings. The second-order valence-electron chi connectivity index (χ2n) is 2.59. The van der Waals surface area contributed by atoms with Crippen LogP contribution in [0.15, 0.2) is 30.2 Å². The highest BCUT2D eigenvalue weighted by Crippen LogP contribution is 1.99. The Kier molecular flexibility index (Phi) is 2.23. The Balaban J connectivity index is 2.33. The van der Waals surface area contributed by atoms with E-state index in [2.05, 4.69) is 25.2 Å². The summed E-state index contributed by atoms with van der Waals surface area (Å²) in [5, 5.41) is 15.1. The monoisotopic (exact) mass is 205 g/mol. The highest BCUT2D eigenvalue weighted by molar-refractivity contribution is 5.94. The normalized spacial score (nSPS) is 11.6. The van der Waals surface area contributed by atoms with E-state index < -0.39 is 0 Å². The minimum Gasteiger partial charge on any atom is -0.409 e. The van der Waals surface area contributed by atoms with Crippen LogP contribution in [-0.2, 0) is 0 Å². The molecule has 0 radical (unpaired) electrons. The van der Waals surface area contributed by atoms with Crippen LogP contribution in [0.1, 0.15) is 5.69 Å². The molecule has 76 valence electrons. The predicted molar refractivity (Wildman–Crippen MR) is 49.5 cm³/mol. The number of hydrogen-bond acceptors (Lipinski definition) is 6. The molecule has 0 spiro atoms. The number of hydrogen-bond donors (Lipinski definition) is 2. The maximum atomic E-state index is 8.41. The van der Waals surface area contributed by atoms with Crippen molar-refractivity contribution >= 4 is 5.84 Å². The van der Waals surface area contributed by atoms with Gasteiger partial charge in [0.05, 0.1) is 12.4 Å². The zero-order valence-corrected chi connectivity index (χ0v) is 7.52. The van der Waals surface area contributed by atoms with Crippen molar-refractivity contribution in [2.24, 2.45) is 10.9 Å². The van der Waals surface area contributed by atoms with E-state index >= 15 is 0 Å². The van der Waals surface area contributed by atoms with Crippen molar-refractivity contribution in [2.75, 3.05) is 0 Å². The van der Waals surface area contributed by atoms with Crippen molar-refractivity contribution in [1.29, 1.82) is 0 Å². The van der Waals surface area contributed by atoms with E-state index in [1.54, 1.807) is 0 Å². The second-order valence-corrected chi connectivity index (χ2v) is 2.59. The fraction of sp³-hybridized carbons (Fsp3) is 0. The molecule has 0 unspecified atom stereocenters. The Morgan fingerprint density at radius 3 is 2.80 bits per heavy atom. The van der Waals surface area contributed by atoms with Gasteiger partial charge in [0.2, 0.25) is 0 Å². The molecule has 3 N–H and O–H groups in total. The highest BCUT2D eigenvalue weighted by atomic mass is 16.4. The third-order valence-corrected chi connectivity index (χ3v) is 1.66. The van der Waals surface area contributed by atoms with Gasteiger partial charge < -0.3 is 10.9 Å². The molecule has 2 rings (SSSR count). The number of nitrogens with zero attached hydrogens (tertiary/aromatic N) is 6. The van der Waals surface area contributed by atoms with Gasteiger partial charge in [-0.2, -0.15) is 5.10 Å². The quantitative estimate of drug-likeness (QED) is 0.285. The van der Waals surface area contributed by atoms with E-state index in [0.29, 0.717) is 11.5 Å². The van der Waals surface area contributed by atoms with Gasteiger partial charge in [-0.05, 0) is 0 Å². The maximum absolute atomic E-state index is 8.41. The molecule has 0 aliphatic rings. The van der Waals surface area contributed by atoms with E-state index in [-0.39, 0.29) is 5.84 Å². The Hall–Kier alpha value is -2.51. The Morgan fingerprint density at radius 1 is 1.40 bits per heavy atom. The lowest BCUT2D eigenvalue weighted by atomic mass is 10.4. The minimum absolute atomic E-state index is 0.0901. The van der Waals surface area contributed by atoms with Crippen molar-refractivity contribution in [3.05, 3.63) is 30.7 Å². The van der Waals surface area contributed by atoms with Gasteiger partial charge in [-0.1, -0.05) is 5.16 Å². The molecule has 0 saturated carbocycles. The third kappa shape index (κ3) is 1.73. The molecule has 0 amide bonds. The third-order valence-electron chi connectivity index (χ3n) is 1.66. The molecule has 0 atom stereocenters. The number of rotatable bonds is 2. The van der Waals surface area contributed by atoms with Crippen LogP contribution >= 0.6 is 0 Å². The van der Waals surface area contributed by atoms with Crippen LogP contribution in [0.4, 0.5) is 0 Å². The summed E-state index contributed by atoms with van der Waals surface area (Å²) < 4.78 is 1.45. The molecule has 0 fully saturated rings. The van der Waals surface area contributed by atoms with Crippen molar-refractivity contribution in [2.45, 2.75) is 0 Å². The van der Waals surface area contributed by atoms with Crippen LogP contribution in [0, 0.1) is 0 Å². The summed E-state index contributed by atoms with van der Waals surface area (Å²) in [5.41, 5.74) is 5.62. The molecule has 0 aromatic carbocycles. The fourth-order valence-corrected chi connectivity index (χ4v) is 0.950. The van der Waals surface area contributed by atoms with E-state index in [4.69, 9.17) is 10.9 Å². The molecule has 15 heavy (non-hydrogen) atoms. The number of aromatic nitrogens is 5. The molecule has 8 heteroatoms. The molecule has 8 nitrogen and oxygen atoms in total. The molecule has 2 aromatic heterocycles. The molecule has 0 aliphatic carbocycles. The number of oxime groups is 1. The van der Waals surface area contributed by atoms with Crippen molar-refractivity contribution in [3.8, 4) is 5.82 Å². The number of amidine groups is 1. The lowest BCUT2D eigenvalue weighted by Crippen LogP contribution is -2.15. The van der Waals surface area contributed by atoms with Gasteiger partial charge in [0, 0.05) is 0 Å². The molecule has 0 saturated heterocycles. The van der Waals surface area contributed by atoms with E-state index in [9.17, 15) is 0 Å². The zero-order chi connectivity index (χ0) is 10.7. The fourth-order valence-electron chi connectivity index (χ4n) is 0.950. The van der Waals surface area contributed by atoms with E-state index in [1.165, 1.54) is 29.7 Å². The first-order chi connectivity index (χ1) is 7.31. The van der Waals surface area contributed by atoms with Gasteiger partial charge in [0.25, 0.3) is 0 Å². The molecule has 0 bridgehead atoms. The SMILES string of the molecule is NC(=NO)c1cnc(-n2cncn2)cn1. The zero-order valence-electron chi connectivity index (χ0n) is 7.52. The van der Waals surface area contributed by atoms with E-state index in [1.807, 2.05) is 0 Å². The topological polar surface area (TPSA) is 115 Å². The van der Waals surface area contributed by atoms with Crippen molar-refractivity contribution < 1.29 is 5.21 Å². The average molecular weight is 205 g/mol. The summed E-state index contributed by atoms with van der Waals surface area (Å²) in [5.74, 6) is 0.412. The van der Waals surface area contributed by atoms with Crippen LogP contribution in [-0.4, -0.2) is 35.8 Å². The molecular weight excluding hydrogens is 198 g/mol. The van der Waals surface area contributed by atoms with Crippen LogP contribution in [0.2, 0.25) is 0 Å². The summed E-state index contributed by atoms with van der Waals surface area (Å²) in [6.45, 7) is 0. The van der Waals surface area contributed by atoms with Crippen molar-refractivity contribution in [3.63, 3.8) is 0 Å². The van der Waals surface area contributed by atoms with Gasteiger partial charge >= 0.3 is 0 Å². The van der Waals surface area contributed by atoms with Crippen LogP contribution in [0.3, 0.4) is 0 Å². The standard InChI is InChI=1S/C7H7N7O/c8-7(13-15)5-1-11-6(2-10-5)14-4-9-3-12-14/h1-4,15H,(H2,8,13). The van der Waals surface area contributed by atoms with Gasteiger partial charge in [-0.15, -0.1) is 0 Å². The Morgan fingerprint density at radius 2 is 2.27 bits per heavy atom. The Labute approximate surface area is 84.1 Å². The van der Waals surface area contributed by atoms with Crippen LogP contribution in [0.5, 0.6) is 0 Å². The highest BCUT2D eigenvalue weighted by Gasteiger charge is 2.03. The first-order valence-electron chi connectivity index (χ1n) is 3.96. The smallest absolute Gasteiger partial charge is 0.190 e. The molecular formula is C7H7N7O. The van der Waals surface area contributed by atoms with Crippen LogP contribution in [0.25, 0.3) is 5.82 Å². The molecule has 0 aliphatic heterocycles. The van der Waals surface area contributed by atoms with Gasteiger partial charge in [-0.3, -0.25) is 0 Å². The Bertz CT molecular complexity index is 461. The second kappa shape index (κ2) is 3.70. The first-order valence-corrected chi connectivity index (χ1v) is 3.96. The summed E-state index contributed by atoms with van der Waals surface area (Å²) in [4.78, 5) is 11.7. The average Bonchev–Trinajstić information content (AvgIpc) is 2.82. The van der Waals surface area contributed by atoms with Gasteiger partial charge in [0.1, 0.15) is 18.3 Å². The summed E-state index contributed by atoms with van der Waals surface area (Å²) in [6.07, 6.45) is 5.71. The van der Waals surface area contributed by atoms with Crippen LogP contribution < -0.4 is 5.73 Å². The van der Waals surface area contributed by atoms with E-state index in [0.717, 1.165) is 0 Å². The molecule has 2 heterocycles. The van der Waals surface area contributed by atoms with Gasteiger partial charge in [-0.25, -0.2) is 19.6 Å². The first kappa shape index (κ1) is 9.06. The number of nitrogens with two attached hydrogens (primary N) is 1. The lowest BCUT2D eigenvalue weighted by Gasteiger charge is -1.99. The predicted octanol–water partition coefficient (Wildman–Crippen LogP) is -0.848. The lowest BCUT2D eigenvalue weighted by molar-refractivity contribution is 0.318. The minimum atomic E-state index is -0.0901. The summed E-state index contributed by atoms with van der Waals surface area (Å²) in [6, 6.07) is 0. The summed E-state index contributed by atoms with van der Waals surface area (Å²) in [7, 11) is 0. The maximum Gasteiger partial charge on any atom is 0.190 e. The van der Waals surface area contributed by atoms with Crippen molar-refractivity contribution in [1.82, 2.24) is 24.7 Å². The summed E-state index contributed by atoms with van der Waals surface area (Å²) >= 11 is 0. The van der Waals surface area contributed by atoms with Gasteiger partial charge in [0.15, 0.2) is 11.7 Å².